The summed E-state index contributed by atoms with van der Waals surface area (Å²) in [6, 6.07) is 0. The van der Waals surface area contributed by atoms with Crippen LogP contribution in [0.2, 0.25) is 0 Å². The highest BCUT2D eigenvalue weighted by Gasteiger charge is 2.67. The van der Waals surface area contributed by atoms with E-state index >= 15 is 0 Å². The topological polar surface area (TPSA) is 83.6 Å². The number of carbonyl (C=O) groups is 2. The highest BCUT2D eigenvalue weighted by atomic mass is 16.4. The van der Waals surface area contributed by atoms with Crippen LogP contribution in [0.1, 0.15) is 51.4 Å². The summed E-state index contributed by atoms with van der Waals surface area (Å²) in [4.78, 5) is 26.5. The first kappa shape index (κ1) is 14.5. The number of hydrogen-bond donors (Lipinski definition) is 2. The second-order valence-electron chi connectivity index (χ2n) is 8.22. The molecule has 22 heavy (non-hydrogen) atoms. The molecule has 0 unspecified atom stereocenters. The molecule has 0 spiro atoms. The third kappa shape index (κ3) is 1.69. The van der Waals surface area contributed by atoms with Crippen molar-refractivity contribution in [2.75, 3.05) is 13.1 Å². The average Bonchev–Trinajstić information content (AvgIpc) is 2.91. The largest absolute Gasteiger partial charge is 0.479 e. The molecule has 4 bridgehead atoms. The Morgan fingerprint density at radius 3 is 2.09 bits per heavy atom. The zero-order valence-corrected chi connectivity index (χ0v) is 13.1. The Balaban J connectivity index is 1.79. The van der Waals surface area contributed by atoms with E-state index in [-0.39, 0.29) is 17.9 Å². The molecule has 1 heterocycles. The molecule has 4 saturated carbocycles. The normalized spacial score (nSPS) is 46.2. The summed E-state index contributed by atoms with van der Waals surface area (Å²) in [6.45, 7) is 0.478. The SMILES string of the molecule is NCC(=O)N1CCC[C@]1(C(=O)O)C12CC3CC(CC(C3)C1)C2. The highest BCUT2D eigenvalue weighted by molar-refractivity contribution is 5.89. The maximum Gasteiger partial charge on any atom is 0.330 e. The lowest BCUT2D eigenvalue weighted by Gasteiger charge is -2.63. The van der Waals surface area contributed by atoms with E-state index in [2.05, 4.69) is 0 Å². The number of amides is 1. The Kier molecular flexibility index (Phi) is 3.09. The van der Waals surface area contributed by atoms with Crippen molar-refractivity contribution in [2.45, 2.75) is 56.9 Å². The first-order valence-corrected chi connectivity index (χ1v) is 8.75. The van der Waals surface area contributed by atoms with Crippen LogP contribution in [0.15, 0.2) is 0 Å². The van der Waals surface area contributed by atoms with Crippen molar-refractivity contribution in [1.29, 1.82) is 0 Å². The van der Waals surface area contributed by atoms with Crippen molar-refractivity contribution in [2.24, 2.45) is 28.9 Å². The molecule has 5 rings (SSSR count). The molecule has 1 saturated heterocycles. The van der Waals surface area contributed by atoms with Gasteiger partial charge in [0.05, 0.1) is 6.54 Å². The Bertz CT molecular complexity index is 483. The minimum atomic E-state index is -0.987. The van der Waals surface area contributed by atoms with E-state index < -0.39 is 11.5 Å². The number of aliphatic carboxylic acids is 1. The maximum atomic E-state index is 12.4. The van der Waals surface area contributed by atoms with Gasteiger partial charge >= 0.3 is 5.97 Å². The van der Waals surface area contributed by atoms with Crippen LogP contribution in [-0.4, -0.2) is 40.5 Å². The van der Waals surface area contributed by atoms with Crippen LogP contribution in [0.5, 0.6) is 0 Å². The van der Waals surface area contributed by atoms with Crippen LogP contribution in [0, 0.1) is 23.2 Å². The van der Waals surface area contributed by atoms with Crippen LogP contribution >= 0.6 is 0 Å². The zero-order chi connectivity index (χ0) is 15.5. The summed E-state index contributed by atoms with van der Waals surface area (Å²) in [5, 5.41) is 10.2. The molecule has 0 aromatic heterocycles. The van der Waals surface area contributed by atoms with Crippen LogP contribution in [0.3, 0.4) is 0 Å². The first-order valence-electron chi connectivity index (χ1n) is 8.75. The molecule has 0 aromatic carbocycles. The van der Waals surface area contributed by atoms with E-state index in [0.29, 0.717) is 30.7 Å². The summed E-state index contributed by atoms with van der Waals surface area (Å²) in [6.07, 6.45) is 8.23. The summed E-state index contributed by atoms with van der Waals surface area (Å²) in [5.41, 5.74) is 4.39. The Morgan fingerprint density at radius 1 is 1.09 bits per heavy atom. The number of likely N-dealkylation sites (tertiary alicyclic amines) is 1. The molecule has 1 aliphatic heterocycles. The number of carboxylic acid groups (broad SMARTS) is 1. The fraction of sp³-hybridized carbons (Fsp3) is 0.882. The molecule has 3 N–H and O–H groups in total. The monoisotopic (exact) mass is 306 g/mol. The maximum absolute atomic E-state index is 12.4. The van der Waals surface area contributed by atoms with Crippen LogP contribution < -0.4 is 5.73 Å². The molecule has 0 radical (unpaired) electrons. The summed E-state index contributed by atoms with van der Waals surface area (Å²) < 4.78 is 0. The van der Waals surface area contributed by atoms with Gasteiger partial charge in [-0.25, -0.2) is 4.79 Å². The lowest BCUT2D eigenvalue weighted by atomic mass is 9.44. The number of nitrogens with two attached hydrogens (primary N) is 1. The van der Waals surface area contributed by atoms with E-state index in [1.54, 1.807) is 4.90 Å². The highest BCUT2D eigenvalue weighted by Crippen LogP contribution is 2.66. The fourth-order valence-electron chi connectivity index (χ4n) is 6.88. The molecule has 5 heteroatoms. The van der Waals surface area contributed by atoms with Gasteiger partial charge in [-0.15, -0.1) is 0 Å². The Hall–Kier alpha value is -1.10. The summed E-state index contributed by atoms with van der Waals surface area (Å²) in [5.74, 6) is 1.07. The van der Waals surface area contributed by atoms with E-state index in [9.17, 15) is 14.7 Å². The quantitative estimate of drug-likeness (QED) is 0.829. The van der Waals surface area contributed by atoms with E-state index in [4.69, 9.17) is 5.73 Å². The molecular weight excluding hydrogens is 280 g/mol. The van der Waals surface area contributed by atoms with Crippen LogP contribution in [-0.2, 0) is 9.59 Å². The first-order chi connectivity index (χ1) is 10.5. The summed E-state index contributed by atoms with van der Waals surface area (Å²) >= 11 is 0. The third-order valence-corrected chi connectivity index (χ3v) is 7.13. The second-order valence-corrected chi connectivity index (χ2v) is 8.22. The molecule has 122 valence electrons. The molecule has 5 nitrogen and oxygen atoms in total. The number of nitrogens with zero attached hydrogens (tertiary/aromatic N) is 1. The third-order valence-electron chi connectivity index (χ3n) is 7.13. The average molecular weight is 306 g/mol. The van der Waals surface area contributed by atoms with Crippen molar-refractivity contribution >= 4 is 11.9 Å². The minimum absolute atomic E-state index is 0.0819. The lowest BCUT2D eigenvalue weighted by Crippen LogP contribution is -2.68. The van der Waals surface area contributed by atoms with Gasteiger partial charge < -0.3 is 15.7 Å². The number of carboxylic acids is 1. The van der Waals surface area contributed by atoms with Gasteiger partial charge in [0.1, 0.15) is 5.54 Å². The predicted octanol–water partition coefficient (Wildman–Crippen LogP) is 1.61. The van der Waals surface area contributed by atoms with Gasteiger partial charge in [-0.05, 0) is 69.1 Å². The van der Waals surface area contributed by atoms with E-state index in [0.717, 1.165) is 25.7 Å². The molecule has 5 aliphatic rings. The zero-order valence-electron chi connectivity index (χ0n) is 13.1. The standard InChI is InChI=1S/C17H26N2O3/c18-10-14(20)19-3-1-2-17(19,15(21)22)16-7-11-4-12(8-16)6-13(5-11)9-16/h11-13H,1-10,18H2,(H,21,22)/t11?,12?,13?,16?,17-/m0/s1. The van der Waals surface area contributed by atoms with Gasteiger partial charge in [-0.2, -0.15) is 0 Å². The summed E-state index contributed by atoms with van der Waals surface area (Å²) in [7, 11) is 0. The predicted molar refractivity (Wildman–Crippen MR) is 81.0 cm³/mol. The second kappa shape index (κ2) is 4.70. The van der Waals surface area contributed by atoms with Gasteiger partial charge in [0, 0.05) is 12.0 Å². The van der Waals surface area contributed by atoms with Crippen molar-refractivity contribution < 1.29 is 14.7 Å². The van der Waals surface area contributed by atoms with E-state index in [1.807, 2.05) is 0 Å². The van der Waals surface area contributed by atoms with Crippen LogP contribution in [0.25, 0.3) is 0 Å². The van der Waals surface area contributed by atoms with Gasteiger partial charge in [0.15, 0.2) is 0 Å². The van der Waals surface area contributed by atoms with Crippen molar-refractivity contribution in [3.63, 3.8) is 0 Å². The Morgan fingerprint density at radius 2 is 1.64 bits per heavy atom. The number of hydrogen-bond acceptors (Lipinski definition) is 3. The molecule has 0 aromatic rings. The Labute approximate surface area is 131 Å². The van der Waals surface area contributed by atoms with Gasteiger partial charge in [-0.1, -0.05) is 0 Å². The van der Waals surface area contributed by atoms with Crippen molar-refractivity contribution in [3.8, 4) is 0 Å². The molecule has 1 atom stereocenters. The lowest BCUT2D eigenvalue weighted by molar-refractivity contribution is -0.185. The van der Waals surface area contributed by atoms with Crippen molar-refractivity contribution in [3.05, 3.63) is 0 Å². The number of rotatable bonds is 3. The van der Waals surface area contributed by atoms with Gasteiger partial charge in [0.2, 0.25) is 5.91 Å². The van der Waals surface area contributed by atoms with Gasteiger partial charge in [-0.3, -0.25) is 4.79 Å². The number of carbonyl (C=O) groups excluding carboxylic acids is 1. The van der Waals surface area contributed by atoms with E-state index in [1.165, 1.54) is 19.3 Å². The fourth-order valence-corrected chi connectivity index (χ4v) is 6.88. The molecule has 1 amide bonds. The molecule has 4 aliphatic carbocycles. The van der Waals surface area contributed by atoms with Crippen molar-refractivity contribution in [1.82, 2.24) is 4.90 Å². The molecule has 5 fully saturated rings. The van der Waals surface area contributed by atoms with Crippen LogP contribution in [0.4, 0.5) is 0 Å². The van der Waals surface area contributed by atoms with Gasteiger partial charge in [0.25, 0.3) is 0 Å². The smallest absolute Gasteiger partial charge is 0.330 e. The molecular formula is C17H26N2O3. The minimum Gasteiger partial charge on any atom is -0.479 e.